The van der Waals surface area contributed by atoms with Gasteiger partial charge in [0, 0.05) is 17.5 Å². The highest BCUT2D eigenvalue weighted by molar-refractivity contribution is 7.99. The van der Waals surface area contributed by atoms with Crippen LogP contribution in [0.1, 0.15) is 55.4 Å². The van der Waals surface area contributed by atoms with Crippen LogP contribution in [0.2, 0.25) is 0 Å². The van der Waals surface area contributed by atoms with Gasteiger partial charge in [0.2, 0.25) is 5.91 Å². The Hall–Kier alpha value is -3.18. The third-order valence-corrected chi connectivity index (χ3v) is 7.95. The van der Waals surface area contributed by atoms with Crippen LogP contribution in [-0.2, 0) is 31.2 Å². The Balaban J connectivity index is 1.35. The molecule has 34 heavy (non-hydrogen) atoms. The van der Waals surface area contributed by atoms with Gasteiger partial charge in [-0.1, -0.05) is 30.0 Å². The van der Waals surface area contributed by atoms with Crippen molar-refractivity contribution in [3.8, 4) is 0 Å². The zero-order chi connectivity index (χ0) is 24.2. The third kappa shape index (κ3) is 5.15. The van der Waals surface area contributed by atoms with Gasteiger partial charge in [-0.2, -0.15) is 0 Å². The van der Waals surface area contributed by atoms with Gasteiger partial charge in [-0.25, -0.2) is 0 Å². The quantitative estimate of drug-likeness (QED) is 0.409. The largest absolute Gasteiger partial charge is 0.365 e. The fraction of sp³-hybridized carbons (Fsp3) is 0.348. The lowest BCUT2D eigenvalue weighted by atomic mass is 9.95. The van der Waals surface area contributed by atoms with E-state index in [1.54, 1.807) is 17.7 Å². The van der Waals surface area contributed by atoms with Gasteiger partial charge in [0.25, 0.3) is 11.8 Å². The molecule has 0 aliphatic heterocycles. The number of hydrogen-bond donors (Lipinski definition) is 3. The average Bonchev–Trinajstić information content (AvgIpc) is 3.35. The van der Waals surface area contributed by atoms with E-state index in [1.807, 2.05) is 25.1 Å². The number of rotatable bonds is 8. The molecular weight excluding hydrogens is 472 g/mol. The fourth-order valence-electron chi connectivity index (χ4n) is 3.91. The van der Waals surface area contributed by atoms with Crippen LogP contribution in [0, 0.1) is 6.92 Å². The Morgan fingerprint density at radius 1 is 1.18 bits per heavy atom. The molecule has 3 aromatic rings. The number of hydrogen-bond acceptors (Lipinski definition) is 7. The van der Waals surface area contributed by atoms with Crippen molar-refractivity contribution in [2.24, 2.45) is 12.8 Å². The first-order valence-electron chi connectivity index (χ1n) is 10.9. The van der Waals surface area contributed by atoms with E-state index in [1.165, 1.54) is 23.1 Å². The van der Waals surface area contributed by atoms with Gasteiger partial charge < -0.3 is 20.9 Å². The van der Waals surface area contributed by atoms with Gasteiger partial charge in [0.05, 0.1) is 17.9 Å². The number of nitrogens with two attached hydrogens (primary N) is 1. The Morgan fingerprint density at radius 3 is 2.71 bits per heavy atom. The van der Waals surface area contributed by atoms with E-state index in [-0.39, 0.29) is 24.1 Å². The molecule has 4 N–H and O–H groups in total. The van der Waals surface area contributed by atoms with Crippen molar-refractivity contribution in [1.82, 2.24) is 20.1 Å². The molecule has 0 bridgehead atoms. The van der Waals surface area contributed by atoms with Gasteiger partial charge in [0.1, 0.15) is 5.00 Å². The van der Waals surface area contributed by atoms with Crippen molar-refractivity contribution in [3.63, 3.8) is 0 Å². The molecule has 1 aromatic carbocycles. The van der Waals surface area contributed by atoms with Crippen LogP contribution in [-0.4, -0.2) is 38.2 Å². The van der Waals surface area contributed by atoms with Crippen LogP contribution >= 0.6 is 23.1 Å². The van der Waals surface area contributed by atoms with Crippen LogP contribution in [0.5, 0.6) is 0 Å². The number of aryl methyl sites for hydroxylation is 2. The average molecular weight is 499 g/mol. The SMILES string of the molecule is Cc1ccccc1C(=O)NCc1nnc(SCC(=O)Nc2sc3c(c2C(N)=O)CCCC3)n1C. The number of nitrogens with one attached hydrogen (secondary N) is 2. The van der Waals surface area contributed by atoms with Crippen LogP contribution < -0.4 is 16.4 Å². The van der Waals surface area contributed by atoms with Gasteiger partial charge in [0.15, 0.2) is 11.0 Å². The number of fused-ring (bicyclic) bond motifs is 1. The van der Waals surface area contributed by atoms with Crippen LogP contribution in [0.25, 0.3) is 0 Å². The second-order valence-electron chi connectivity index (χ2n) is 8.07. The second-order valence-corrected chi connectivity index (χ2v) is 10.1. The van der Waals surface area contributed by atoms with Crippen molar-refractivity contribution in [2.45, 2.75) is 44.3 Å². The molecule has 11 heteroatoms. The number of thiophene rings is 1. The minimum Gasteiger partial charge on any atom is -0.365 e. The number of carbonyl (C=O) groups excluding carboxylic acids is 3. The number of aromatic nitrogens is 3. The molecule has 0 radical (unpaired) electrons. The van der Waals surface area contributed by atoms with Crippen molar-refractivity contribution in [1.29, 1.82) is 0 Å². The zero-order valence-electron chi connectivity index (χ0n) is 19.0. The summed E-state index contributed by atoms with van der Waals surface area (Å²) in [5.41, 5.74) is 8.54. The molecule has 1 aliphatic carbocycles. The molecule has 0 fully saturated rings. The highest BCUT2D eigenvalue weighted by atomic mass is 32.2. The highest BCUT2D eigenvalue weighted by Crippen LogP contribution is 2.38. The molecule has 4 rings (SSSR count). The van der Waals surface area contributed by atoms with Crippen molar-refractivity contribution in [2.75, 3.05) is 11.1 Å². The smallest absolute Gasteiger partial charge is 0.251 e. The number of primary amides is 1. The molecular formula is C23H26N6O3S2. The normalized spacial score (nSPS) is 12.8. The molecule has 0 unspecified atom stereocenters. The molecule has 2 aromatic heterocycles. The van der Waals surface area contributed by atoms with E-state index in [0.29, 0.717) is 27.1 Å². The standard InChI is InChI=1S/C23H26N6O3S2/c1-13-7-3-4-8-14(13)21(32)25-11-17-27-28-23(29(17)2)33-12-18(30)26-22-19(20(24)31)15-9-5-6-10-16(15)34-22/h3-4,7-8H,5-6,9-12H2,1-2H3,(H2,24,31)(H,25,32)(H,26,30). The van der Waals surface area contributed by atoms with Crippen LogP contribution in [0.15, 0.2) is 29.4 Å². The number of amides is 3. The molecule has 178 valence electrons. The van der Waals surface area contributed by atoms with E-state index in [0.717, 1.165) is 41.7 Å². The zero-order valence-corrected chi connectivity index (χ0v) is 20.6. The molecule has 9 nitrogen and oxygen atoms in total. The number of anilines is 1. The number of thioether (sulfide) groups is 1. The maximum atomic E-state index is 12.6. The number of nitrogens with zero attached hydrogens (tertiary/aromatic N) is 3. The summed E-state index contributed by atoms with van der Waals surface area (Å²) < 4.78 is 1.74. The summed E-state index contributed by atoms with van der Waals surface area (Å²) in [6, 6.07) is 7.36. The van der Waals surface area contributed by atoms with E-state index in [4.69, 9.17) is 5.73 Å². The van der Waals surface area contributed by atoms with Crippen LogP contribution in [0.3, 0.4) is 0 Å². The first kappa shape index (κ1) is 24.0. The number of carbonyl (C=O) groups is 3. The van der Waals surface area contributed by atoms with E-state index >= 15 is 0 Å². The number of benzene rings is 1. The Labute approximate surface area is 205 Å². The van der Waals surface area contributed by atoms with E-state index < -0.39 is 5.91 Å². The minimum atomic E-state index is -0.506. The maximum absolute atomic E-state index is 12.6. The predicted octanol–water partition coefficient (Wildman–Crippen LogP) is 2.82. The molecule has 1 aliphatic rings. The molecule has 3 amide bonds. The van der Waals surface area contributed by atoms with Crippen molar-refractivity contribution in [3.05, 3.63) is 57.2 Å². The minimum absolute atomic E-state index is 0.0995. The molecule has 0 saturated heterocycles. The fourth-order valence-corrected chi connectivity index (χ4v) is 5.96. The Bertz CT molecular complexity index is 1250. The van der Waals surface area contributed by atoms with Gasteiger partial charge in [-0.3, -0.25) is 14.4 Å². The Morgan fingerprint density at radius 2 is 1.94 bits per heavy atom. The molecule has 0 saturated carbocycles. The first-order chi connectivity index (χ1) is 16.3. The van der Waals surface area contributed by atoms with E-state index in [9.17, 15) is 14.4 Å². The molecule has 0 atom stereocenters. The van der Waals surface area contributed by atoms with Gasteiger partial charge in [-0.15, -0.1) is 21.5 Å². The first-order valence-corrected chi connectivity index (χ1v) is 12.7. The second kappa shape index (κ2) is 10.4. The lowest BCUT2D eigenvalue weighted by Gasteiger charge is -2.11. The lowest BCUT2D eigenvalue weighted by Crippen LogP contribution is -2.25. The van der Waals surface area contributed by atoms with Gasteiger partial charge in [-0.05, 0) is 49.8 Å². The van der Waals surface area contributed by atoms with Crippen molar-refractivity contribution < 1.29 is 14.4 Å². The summed E-state index contributed by atoms with van der Waals surface area (Å²) in [4.78, 5) is 38.2. The summed E-state index contributed by atoms with van der Waals surface area (Å²) in [5.74, 6) is -0.260. The van der Waals surface area contributed by atoms with Crippen molar-refractivity contribution >= 4 is 45.8 Å². The van der Waals surface area contributed by atoms with Crippen LogP contribution in [0.4, 0.5) is 5.00 Å². The van der Waals surface area contributed by atoms with Gasteiger partial charge >= 0.3 is 0 Å². The summed E-state index contributed by atoms with van der Waals surface area (Å²) in [6.07, 6.45) is 3.83. The maximum Gasteiger partial charge on any atom is 0.251 e. The summed E-state index contributed by atoms with van der Waals surface area (Å²) in [5, 5.41) is 15.1. The summed E-state index contributed by atoms with van der Waals surface area (Å²) in [6.45, 7) is 2.10. The lowest BCUT2D eigenvalue weighted by molar-refractivity contribution is -0.113. The predicted molar refractivity (Wildman–Crippen MR) is 132 cm³/mol. The molecule has 0 spiro atoms. The Kier molecular flexibility index (Phi) is 7.32. The third-order valence-electron chi connectivity index (χ3n) is 5.72. The topological polar surface area (TPSA) is 132 Å². The summed E-state index contributed by atoms with van der Waals surface area (Å²) >= 11 is 2.67. The van der Waals surface area contributed by atoms with E-state index in [2.05, 4.69) is 20.8 Å². The molecule has 2 heterocycles. The summed E-state index contributed by atoms with van der Waals surface area (Å²) in [7, 11) is 1.79. The monoisotopic (exact) mass is 498 g/mol. The highest BCUT2D eigenvalue weighted by Gasteiger charge is 2.25.